The number of hydrogen-bond donors (Lipinski definition) is 2. The maximum absolute atomic E-state index is 12.2. The average molecular weight is 297 g/mol. The topological polar surface area (TPSA) is 84.7 Å². The minimum Gasteiger partial charge on any atom is -0.380 e. The molecule has 1 heterocycles. The first-order chi connectivity index (χ1) is 9.99. The Morgan fingerprint density at radius 2 is 1.95 bits per heavy atom. The molecule has 0 spiro atoms. The van der Waals surface area contributed by atoms with Crippen LogP contribution in [0.4, 0.5) is 0 Å². The number of primary amides is 1. The Balaban J connectivity index is 1.82. The van der Waals surface area contributed by atoms with Gasteiger partial charge >= 0.3 is 0 Å². The molecule has 21 heavy (non-hydrogen) atoms. The molecule has 2 fully saturated rings. The number of nitrogens with one attached hydrogen (secondary N) is 1. The van der Waals surface area contributed by atoms with Crippen molar-refractivity contribution >= 4 is 11.8 Å². The summed E-state index contributed by atoms with van der Waals surface area (Å²) < 4.78 is 5.28. The Kier molecular flexibility index (Phi) is 5.58. The molecule has 2 rings (SSSR count). The van der Waals surface area contributed by atoms with E-state index in [1.165, 1.54) is 12.8 Å². The molecule has 6 heteroatoms. The van der Waals surface area contributed by atoms with Crippen LogP contribution in [0, 0.1) is 5.92 Å². The third-order valence-electron chi connectivity index (χ3n) is 4.75. The highest BCUT2D eigenvalue weighted by Crippen LogP contribution is 2.24. The van der Waals surface area contributed by atoms with Crippen molar-refractivity contribution in [2.45, 2.75) is 57.2 Å². The molecule has 0 bridgehead atoms. The lowest BCUT2D eigenvalue weighted by Gasteiger charge is -2.28. The van der Waals surface area contributed by atoms with Crippen LogP contribution in [-0.4, -0.2) is 55.1 Å². The Morgan fingerprint density at radius 3 is 2.52 bits per heavy atom. The van der Waals surface area contributed by atoms with Crippen molar-refractivity contribution in [3.63, 3.8) is 0 Å². The van der Waals surface area contributed by atoms with E-state index >= 15 is 0 Å². The van der Waals surface area contributed by atoms with Crippen LogP contribution in [0.3, 0.4) is 0 Å². The van der Waals surface area contributed by atoms with Gasteiger partial charge in [0.15, 0.2) is 0 Å². The Morgan fingerprint density at radius 1 is 1.29 bits per heavy atom. The van der Waals surface area contributed by atoms with Crippen LogP contribution < -0.4 is 11.1 Å². The molecule has 3 N–H and O–H groups in total. The minimum atomic E-state index is -0.396. The van der Waals surface area contributed by atoms with Crippen molar-refractivity contribution in [2.75, 3.05) is 20.2 Å². The van der Waals surface area contributed by atoms with Gasteiger partial charge in [0, 0.05) is 19.7 Å². The molecule has 2 atom stereocenters. The van der Waals surface area contributed by atoms with E-state index in [0.717, 1.165) is 18.8 Å². The normalized spacial score (nSPS) is 33.8. The molecule has 0 aromatic rings. The summed E-state index contributed by atoms with van der Waals surface area (Å²) >= 11 is 0. The second kappa shape index (κ2) is 7.22. The lowest BCUT2D eigenvalue weighted by atomic mass is 9.87. The first kappa shape index (κ1) is 16.2. The van der Waals surface area contributed by atoms with Gasteiger partial charge in [0.05, 0.1) is 18.7 Å². The largest absolute Gasteiger partial charge is 0.380 e. The van der Waals surface area contributed by atoms with Gasteiger partial charge in [0.1, 0.15) is 0 Å². The van der Waals surface area contributed by atoms with E-state index in [-0.39, 0.29) is 30.5 Å². The number of methoxy groups -OCH3 is 1. The van der Waals surface area contributed by atoms with E-state index in [1.807, 2.05) is 4.90 Å². The number of likely N-dealkylation sites (tertiary alicyclic amines) is 1. The molecular weight excluding hydrogens is 270 g/mol. The first-order valence-corrected chi connectivity index (χ1v) is 7.85. The molecule has 0 radical (unpaired) electrons. The monoisotopic (exact) mass is 297 g/mol. The number of nitrogens with two attached hydrogens (primary N) is 1. The summed E-state index contributed by atoms with van der Waals surface area (Å²) in [5, 5.41) is 3.09. The minimum absolute atomic E-state index is 0.0162. The van der Waals surface area contributed by atoms with E-state index < -0.39 is 6.04 Å². The molecule has 1 saturated heterocycles. The Labute approximate surface area is 126 Å². The van der Waals surface area contributed by atoms with Crippen LogP contribution in [0.1, 0.15) is 39.0 Å². The maximum Gasteiger partial charge on any atom is 0.234 e. The smallest absolute Gasteiger partial charge is 0.234 e. The van der Waals surface area contributed by atoms with Crippen molar-refractivity contribution in [3.8, 4) is 0 Å². The highest BCUT2D eigenvalue weighted by molar-refractivity contribution is 5.83. The molecule has 1 saturated carbocycles. The van der Waals surface area contributed by atoms with Gasteiger partial charge in [-0.1, -0.05) is 6.92 Å². The fourth-order valence-electron chi connectivity index (χ4n) is 3.37. The summed E-state index contributed by atoms with van der Waals surface area (Å²) in [6.45, 7) is 3.06. The fraction of sp³-hybridized carbons (Fsp3) is 0.867. The molecule has 120 valence electrons. The van der Waals surface area contributed by atoms with Crippen LogP contribution in [0.2, 0.25) is 0 Å². The standard InChI is InChI=1S/C15H27N3O3/c1-10-3-5-11(6-4-10)17-14(19)9-18-8-12(21-2)7-13(18)15(16)20/h10-13H,3-9H2,1-2H3,(H2,16,20)(H,17,19)/t10?,11?,12-,13-/m0/s1. The van der Waals surface area contributed by atoms with Gasteiger partial charge in [-0.25, -0.2) is 0 Å². The first-order valence-electron chi connectivity index (χ1n) is 7.85. The van der Waals surface area contributed by atoms with Crippen LogP contribution in [0.5, 0.6) is 0 Å². The van der Waals surface area contributed by atoms with E-state index in [9.17, 15) is 9.59 Å². The summed E-state index contributed by atoms with van der Waals surface area (Å²) in [5.74, 6) is 0.366. The Bertz CT molecular complexity index is 380. The van der Waals surface area contributed by atoms with Crippen molar-refractivity contribution in [1.82, 2.24) is 10.2 Å². The van der Waals surface area contributed by atoms with E-state index in [2.05, 4.69) is 12.2 Å². The van der Waals surface area contributed by atoms with Crippen molar-refractivity contribution in [3.05, 3.63) is 0 Å². The van der Waals surface area contributed by atoms with Gasteiger partial charge < -0.3 is 15.8 Å². The highest BCUT2D eigenvalue weighted by atomic mass is 16.5. The van der Waals surface area contributed by atoms with Crippen LogP contribution in [0.25, 0.3) is 0 Å². The van der Waals surface area contributed by atoms with E-state index in [4.69, 9.17) is 10.5 Å². The van der Waals surface area contributed by atoms with Gasteiger partial charge in [-0.15, -0.1) is 0 Å². The molecule has 0 aromatic heterocycles. The number of amides is 2. The Hall–Kier alpha value is -1.14. The van der Waals surface area contributed by atoms with E-state index in [1.54, 1.807) is 7.11 Å². The summed E-state index contributed by atoms with van der Waals surface area (Å²) in [5.41, 5.74) is 5.41. The van der Waals surface area contributed by atoms with Gasteiger partial charge in [-0.2, -0.15) is 0 Å². The third-order valence-corrected chi connectivity index (χ3v) is 4.75. The molecule has 2 aliphatic rings. The number of carbonyl (C=O) groups excluding carboxylic acids is 2. The van der Waals surface area contributed by atoms with Crippen molar-refractivity contribution in [2.24, 2.45) is 11.7 Å². The van der Waals surface area contributed by atoms with Crippen LogP contribution in [-0.2, 0) is 14.3 Å². The number of hydrogen-bond acceptors (Lipinski definition) is 4. The zero-order chi connectivity index (χ0) is 15.4. The van der Waals surface area contributed by atoms with Crippen molar-refractivity contribution < 1.29 is 14.3 Å². The summed E-state index contributed by atoms with van der Waals surface area (Å²) in [7, 11) is 1.62. The molecular formula is C15H27N3O3. The SMILES string of the molecule is CO[C@H]1C[C@@H](C(N)=O)N(CC(=O)NC2CCC(C)CC2)C1. The van der Waals surface area contributed by atoms with Crippen LogP contribution >= 0.6 is 0 Å². The predicted octanol–water partition coefficient (Wildman–Crippen LogP) is 0.256. The second-order valence-corrected chi connectivity index (χ2v) is 6.47. The number of carbonyl (C=O) groups is 2. The quantitative estimate of drug-likeness (QED) is 0.762. The van der Waals surface area contributed by atoms with Gasteiger partial charge in [-0.3, -0.25) is 14.5 Å². The van der Waals surface area contributed by atoms with Gasteiger partial charge in [-0.05, 0) is 38.0 Å². The lowest BCUT2D eigenvalue weighted by Crippen LogP contribution is -2.47. The second-order valence-electron chi connectivity index (χ2n) is 6.47. The van der Waals surface area contributed by atoms with Crippen LogP contribution in [0.15, 0.2) is 0 Å². The fourth-order valence-corrected chi connectivity index (χ4v) is 3.37. The summed E-state index contributed by atoms with van der Waals surface area (Å²) in [4.78, 5) is 25.5. The molecule has 6 nitrogen and oxygen atoms in total. The maximum atomic E-state index is 12.2. The highest BCUT2D eigenvalue weighted by Gasteiger charge is 2.36. The summed E-state index contributed by atoms with van der Waals surface area (Å²) in [6.07, 6.45) is 4.99. The molecule has 1 aliphatic carbocycles. The number of ether oxygens (including phenoxy) is 1. The van der Waals surface area contributed by atoms with E-state index in [0.29, 0.717) is 13.0 Å². The third kappa shape index (κ3) is 4.41. The number of nitrogens with zero attached hydrogens (tertiary/aromatic N) is 1. The molecule has 2 amide bonds. The summed E-state index contributed by atoms with van der Waals surface area (Å²) in [6, 6.07) is -0.117. The van der Waals surface area contributed by atoms with Gasteiger partial charge in [0.2, 0.25) is 11.8 Å². The average Bonchev–Trinajstić information content (AvgIpc) is 2.84. The lowest BCUT2D eigenvalue weighted by molar-refractivity contribution is -0.126. The van der Waals surface area contributed by atoms with Gasteiger partial charge in [0.25, 0.3) is 0 Å². The molecule has 0 unspecified atom stereocenters. The zero-order valence-electron chi connectivity index (χ0n) is 13.0. The predicted molar refractivity (Wildman–Crippen MR) is 79.5 cm³/mol. The number of rotatable bonds is 5. The van der Waals surface area contributed by atoms with Crippen molar-refractivity contribution in [1.29, 1.82) is 0 Å². The molecule has 0 aromatic carbocycles. The zero-order valence-corrected chi connectivity index (χ0v) is 13.0. The molecule has 1 aliphatic heterocycles.